The zero-order chi connectivity index (χ0) is 49.6. The van der Waals surface area contributed by atoms with Crippen molar-refractivity contribution in [1.82, 2.24) is 9.80 Å². The summed E-state index contributed by atoms with van der Waals surface area (Å²) in [6, 6.07) is 11.5. The lowest BCUT2D eigenvalue weighted by molar-refractivity contribution is 0.0501. The van der Waals surface area contributed by atoms with Gasteiger partial charge in [0.05, 0.1) is 0 Å². The van der Waals surface area contributed by atoms with E-state index in [0.29, 0.717) is 33.0 Å². The van der Waals surface area contributed by atoms with Crippen molar-refractivity contribution in [2.45, 2.75) is 245 Å². The van der Waals surface area contributed by atoms with E-state index in [0.717, 1.165) is 118 Å². The molecule has 8 heteroatoms. The second kappa shape index (κ2) is 27.1. The van der Waals surface area contributed by atoms with Crippen molar-refractivity contribution >= 4 is 98.6 Å². The highest BCUT2D eigenvalue weighted by Crippen LogP contribution is 2.51. The topological polar surface area (TPSA) is 74.8 Å². The lowest BCUT2D eigenvalue weighted by Gasteiger charge is -2.36. The summed E-state index contributed by atoms with van der Waals surface area (Å²) >= 11 is 7.96. The summed E-state index contributed by atoms with van der Waals surface area (Å²) in [6.07, 6.45) is 36.7. The number of halogens is 2. The number of unbranched alkanes of at least 4 members (excludes halogenated alkanes) is 24. The van der Waals surface area contributed by atoms with Crippen LogP contribution in [0.2, 0.25) is 0 Å². The van der Waals surface area contributed by atoms with Gasteiger partial charge in [-0.1, -0.05) is 251 Å². The predicted octanol–water partition coefficient (Wildman–Crippen LogP) is 19.8. The predicted molar refractivity (Wildman–Crippen MR) is 302 cm³/mol. The summed E-state index contributed by atoms with van der Waals surface area (Å²) in [4.78, 5) is 63.2. The van der Waals surface area contributed by atoms with Crippen LogP contribution in [0.4, 0.5) is 0 Å². The van der Waals surface area contributed by atoms with E-state index in [-0.39, 0.29) is 35.7 Å². The molecule has 0 radical (unpaired) electrons. The van der Waals surface area contributed by atoms with Crippen LogP contribution in [-0.2, 0) is 0 Å². The third-order valence-corrected chi connectivity index (χ3v) is 17.3. The Balaban J connectivity index is 1.22. The molecule has 0 aromatic heterocycles. The Kier molecular flexibility index (Phi) is 21.1. The zero-order valence-electron chi connectivity index (χ0n) is 43.5. The molecule has 4 amide bonds. The highest BCUT2D eigenvalue weighted by molar-refractivity contribution is 9.11. The van der Waals surface area contributed by atoms with Crippen LogP contribution in [0.15, 0.2) is 45.3 Å². The maximum Gasteiger partial charge on any atom is 0.261 e. The number of rotatable bonds is 34. The van der Waals surface area contributed by atoms with Crippen molar-refractivity contribution in [1.29, 1.82) is 0 Å². The lowest BCUT2D eigenvalue weighted by Crippen LogP contribution is -2.47. The molecule has 380 valence electrons. The van der Waals surface area contributed by atoms with Crippen LogP contribution < -0.4 is 0 Å². The third-order valence-electron chi connectivity index (χ3n) is 16.1. The molecule has 5 aromatic carbocycles. The molecule has 0 unspecified atom stereocenters. The first-order valence-corrected chi connectivity index (χ1v) is 30.1. The van der Waals surface area contributed by atoms with Gasteiger partial charge in [0.15, 0.2) is 0 Å². The summed E-state index contributed by atoms with van der Waals surface area (Å²) in [5.74, 6) is -0.789. The van der Waals surface area contributed by atoms with Gasteiger partial charge in [-0.2, -0.15) is 0 Å². The van der Waals surface area contributed by atoms with Gasteiger partial charge in [-0.05, 0) is 60.7 Å². The van der Waals surface area contributed by atoms with Crippen LogP contribution in [-0.4, -0.2) is 45.5 Å². The van der Waals surface area contributed by atoms with Gasteiger partial charge in [-0.15, -0.1) is 0 Å². The Morgan fingerprint density at radius 1 is 0.329 bits per heavy atom. The largest absolute Gasteiger partial charge is 0.271 e. The Morgan fingerprint density at radius 2 is 0.586 bits per heavy atom. The van der Waals surface area contributed by atoms with Gasteiger partial charge in [0, 0.05) is 75.6 Å². The minimum absolute atomic E-state index is 0.146. The molecular formula is C62H84Br2N2O4. The monoisotopic (exact) mass is 1080 g/mol. The number of fused-ring (bicyclic) bond motifs is 2. The number of benzene rings is 5. The minimum atomic E-state index is -0.202. The summed E-state index contributed by atoms with van der Waals surface area (Å²) in [6.45, 7) is 8.99. The molecule has 0 fully saturated rings. The van der Waals surface area contributed by atoms with Gasteiger partial charge >= 0.3 is 0 Å². The SMILES string of the molecule is CCCCCCCCCC(CCCCCCCCC)N1C(=O)c2ccc3c4c(Br)cc5c6c(ccc(c7c(Br)cc(c2c37)C1=O)c64)C(=O)N(C(CCCCCCCCC)CCCCCCCCC)C5=O. The summed E-state index contributed by atoms with van der Waals surface area (Å²) in [7, 11) is 0. The van der Waals surface area contributed by atoms with E-state index in [9.17, 15) is 9.59 Å². The molecule has 70 heavy (non-hydrogen) atoms. The fourth-order valence-corrected chi connectivity index (χ4v) is 13.5. The van der Waals surface area contributed by atoms with Crippen molar-refractivity contribution in [3.05, 3.63) is 67.6 Å². The summed E-state index contributed by atoms with van der Waals surface area (Å²) in [5, 5.41) is 6.74. The van der Waals surface area contributed by atoms with E-state index < -0.39 is 0 Å². The Bertz CT molecular complexity index is 2350. The van der Waals surface area contributed by atoms with Crippen molar-refractivity contribution in [3.8, 4) is 0 Å². The summed E-state index contributed by atoms with van der Waals surface area (Å²) < 4.78 is 1.54. The fraction of sp³-hybridized carbons (Fsp3) is 0.613. The first-order valence-electron chi connectivity index (χ1n) is 28.5. The first-order chi connectivity index (χ1) is 34.2. The van der Waals surface area contributed by atoms with E-state index in [1.54, 1.807) is 9.80 Å². The van der Waals surface area contributed by atoms with E-state index in [2.05, 4.69) is 59.6 Å². The molecule has 7 rings (SSSR count). The second-order valence-corrected chi connectivity index (χ2v) is 23.0. The number of carbonyl (C=O) groups excluding carboxylic acids is 4. The maximum atomic E-state index is 15.0. The second-order valence-electron chi connectivity index (χ2n) is 21.3. The average molecular weight is 1080 g/mol. The molecule has 0 spiro atoms. The van der Waals surface area contributed by atoms with Crippen LogP contribution in [0.5, 0.6) is 0 Å². The Morgan fingerprint density at radius 3 is 0.871 bits per heavy atom. The van der Waals surface area contributed by atoms with Gasteiger partial charge in [-0.3, -0.25) is 29.0 Å². The molecule has 2 aliphatic heterocycles. The fourth-order valence-electron chi connectivity index (χ4n) is 12.2. The molecule has 0 saturated carbocycles. The lowest BCUT2D eigenvalue weighted by atomic mass is 9.81. The molecule has 0 atom stereocenters. The highest BCUT2D eigenvalue weighted by atomic mass is 79.9. The Hall–Kier alpha value is -3.36. The van der Waals surface area contributed by atoms with Crippen LogP contribution >= 0.6 is 31.9 Å². The highest BCUT2D eigenvalue weighted by Gasteiger charge is 2.41. The van der Waals surface area contributed by atoms with Crippen LogP contribution in [0.25, 0.3) is 43.1 Å². The molecule has 2 heterocycles. The van der Waals surface area contributed by atoms with Crippen LogP contribution in [0.1, 0.15) is 275 Å². The number of hydrogen-bond donors (Lipinski definition) is 0. The standard InChI is InChI=1S/C62H84Br2N2O4/c1-5-9-13-17-21-25-29-33-43(34-30-26-22-18-14-10-6-2)65-59(67)47-39-37-45-56-52(64)42-50-54-48(40-38-46(58(54)56)55-51(63)41-49(61(65)69)53(47)57(45)55)60(68)66(62(50)70)44(35-31-27-23-19-15-11-7-3)36-32-28-24-20-16-12-8-4/h37-44H,5-36H2,1-4H3. The van der Waals surface area contributed by atoms with E-state index in [1.807, 2.05) is 36.4 Å². The maximum absolute atomic E-state index is 15.0. The molecule has 6 nitrogen and oxygen atoms in total. The average Bonchev–Trinajstić information content (AvgIpc) is 3.35. The quantitative estimate of drug-likeness (QED) is 0.0178. The molecule has 0 aliphatic carbocycles. The molecule has 0 N–H and O–H groups in total. The van der Waals surface area contributed by atoms with Gasteiger partial charge in [0.1, 0.15) is 0 Å². The van der Waals surface area contributed by atoms with Crippen molar-refractivity contribution in [3.63, 3.8) is 0 Å². The van der Waals surface area contributed by atoms with Crippen molar-refractivity contribution in [2.24, 2.45) is 0 Å². The van der Waals surface area contributed by atoms with Crippen LogP contribution in [0.3, 0.4) is 0 Å². The van der Waals surface area contributed by atoms with Gasteiger partial charge < -0.3 is 0 Å². The number of amides is 4. The minimum Gasteiger partial charge on any atom is -0.271 e. The number of imide groups is 2. The van der Waals surface area contributed by atoms with Crippen LogP contribution in [0, 0.1) is 0 Å². The molecule has 2 aliphatic rings. The van der Waals surface area contributed by atoms with Crippen molar-refractivity contribution in [2.75, 3.05) is 0 Å². The molecular weight excluding hydrogens is 996 g/mol. The van der Waals surface area contributed by atoms with Gasteiger partial charge in [0.2, 0.25) is 0 Å². The van der Waals surface area contributed by atoms with Gasteiger partial charge in [-0.25, -0.2) is 0 Å². The normalized spacial score (nSPS) is 14.0. The smallest absolute Gasteiger partial charge is 0.261 e. The summed E-state index contributed by atoms with van der Waals surface area (Å²) in [5.41, 5.74) is 2.27. The first kappa shape index (κ1) is 54.4. The zero-order valence-corrected chi connectivity index (χ0v) is 46.7. The van der Waals surface area contributed by atoms with Crippen molar-refractivity contribution < 1.29 is 19.2 Å². The number of nitrogens with zero attached hydrogens (tertiary/aromatic N) is 2. The third kappa shape index (κ3) is 12.2. The Labute approximate surface area is 437 Å². The van der Waals surface area contributed by atoms with E-state index >= 15 is 9.59 Å². The molecule has 5 aromatic rings. The number of carbonyl (C=O) groups is 4. The van der Waals surface area contributed by atoms with E-state index in [1.165, 1.54) is 128 Å². The molecule has 0 bridgehead atoms. The molecule has 0 saturated heterocycles. The van der Waals surface area contributed by atoms with Gasteiger partial charge in [0.25, 0.3) is 23.6 Å². The number of hydrogen-bond acceptors (Lipinski definition) is 4. The van der Waals surface area contributed by atoms with E-state index in [4.69, 9.17) is 0 Å².